The quantitative estimate of drug-likeness (QED) is 0.780. The third-order valence-electron chi connectivity index (χ3n) is 3.06. The number of nitrogens with two attached hydrogens (primary N) is 2. The Morgan fingerprint density at radius 3 is 1.89 bits per heavy atom. The monoisotopic (exact) mass is 256 g/mol. The van der Waals surface area contributed by atoms with Crippen molar-refractivity contribution in [2.24, 2.45) is 11.5 Å². The minimum Gasteiger partial charge on any atom is -0.478 e. The first-order valence-electron chi connectivity index (χ1n) is 6.01. The van der Waals surface area contributed by atoms with Gasteiger partial charge in [0.1, 0.15) is 0 Å². The molecule has 1 unspecified atom stereocenters. The Kier molecular flexibility index (Phi) is 3.94. The van der Waals surface area contributed by atoms with Crippen LogP contribution in [0, 0.1) is 0 Å². The highest BCUT2D eigenvalue weighted by Crippen LogP contribution is 2.21. The van der Waals surface area contributed by atoms with E-state index < -0.39 is 5.97 Å². The van der Waals surface area contributed by atoms with Gasteiger partial charge in [-0.3, -0.25) is 0 Å². The van der Waals surface area contributed by atoms with E-state index in [0.29, 0.717) is 6.54 Å². The van der Waals surface area contributed by atoms with Gasteiger partial charge in [-0.15, -0.1) is 0 Å². The second kappa shape index (κ2) is 5.65. The summed E-state index contributed by atoms with van der Waals surface area (Å²) in [7, 11) is 0. The minimum atomic E-state index is -0.921. The third-order valence-corrected chi connectivity index (χ3v) is 3.06. The van der Waals surface area contributed by atoms with Gasteiger partial charge in [-0.1, -0.05) is 36.4 Å². The molecular weight excluding hydrogens is 240 g/mol. The first-order chi connectivity index (χ1) is 9.11. The predicted molar refractivity (Wildman–Crippen MR) is 74.8 cm³/mol. The van der Waals surface area contributed by atoms with Crippen LogP contribution >= 0.6 is 0 Å². The second-order valence-corrected chi connectivity index (χ2v) is 4.35. The fourth-order valence-corrected chi connectivity index (χ4v) is 1.86. The lowest BCUT2D eigenvalue weighted by atomic mass is 10.0. The van der Waals surface area contributed by atoms with Gasteiger partial charge in [0.25, 0.3) is 0 Å². The Hall–Kier alpha value is -2.17. The predicted octanol–water partition coefficient (Wildman–Crippen LogP) is 2.01. The van der Waals surface area contributed by atoms with Crippen molar-refractivity contribution in [3.05, 3.63) is 59.7 Å². The van der Waals surface area contributed by atoms with Crippen LogP contribution in [-0.4, -0.2) is 17.6 Å². The van der Waals surface area contributed by atoms with Crippen LogP contribution in [0.3, 0.4) is 0 Å². The number of aromatic carboxylic acids is 1. The molecule has 98 valence electrons. The van der Waals surface area contributed by atoms with Gasteiger partial charge in [-0.25, -0.2) is 4.79 Å². The molecule has 0 amide bonds. The van der Waals surface area contributed by atoms with E-state index in [9.17, 15) is 4.79 Å². The maximum atomic E-state index is 10.8. The second-order valence-electron chi connectivity index (χ2n) is 4.35. The molecule has 0 radical (unpaired) electrons. The molecule has 0 saturated carbocycles. The van der Waals surface area contributed by atoms with E-state index in [1.807, 2.05) is 24.3 Å². The molecule has 2 aromatic carbocycles. The van der Waals surface area contributed by atoms with E-state index in [-0.39, 0.29) is 11.6 Å². The number of carbonyl (C=O) groups is 1. The Balaban J connectivity index is 2.24. The molecule has 0 fully saturated rings. The number of carboxylic acid groups (broad SMARTS) is 1. The molecule has 2 aromatic rings. The van der Waals surface area contributed by atoms with Crippen molar-refractivity contribution < 1.29 is 9.90 Å². The van der Waals surface area contributed by atoms with Crippen LogP contribution in [0.25, 0.3) is 11.1 Å². The molecule has 4 nitrogen and oxygen atoms in total. The van der Waals surface area contributed by atoms with Gasteiger partial charge >= 0.3 is 5.97 Å². The van der Waals surface area contributed by atoms with Crippen molar-refractivity contribution in [3.63, 3.8) is 0 Å². The first-order valence-corrected chi connectivity index (χ1v) is 6.01. The van der Waals surface area contributed by atoms with E-state index in [0.717, 1.165) is 16.7 Å². The third kappa shape index (κ3) is 2.99. The lowest BCUT2D eigenvalue weighted by molar-refractivity contribution is 0.0697. The Morgan fingerprint density at radius 1 is 1.00 bits per heavy atom. The number of benzene rings is 2. The van der Waals surface area contributed by atoms with Gasteiger partial charge in [0.05, 0.1) is 5.56 Å². The van der Waals surface area contributed by atoms with Gasteiger partial charge in [0, 0.05) is 12.6 Å². The summed E-state index contributed by atoms with van der Waals surface area (Å²) in [5, 5.41) is 8.85. The average Bonchev–Trinajstić information content (AvgIpc) is 2.46. The zero-order chi connectivity index (χ0) is 13.8. The van der Waals surface area contributed by atoms with Gasteiger partial charge < -0.3 is 16.6 Å². The molecule has 0 spiro atoms. The van der Waals surface area contributed by atoms with Crippen molar-refractivity contribution in [2.45, 2.75) is 6.04 Å². The molecule has 0 aliphatic rings. The largest absolute Gasteiger partial charge is 0.478 e. The lowest BCUT2D eigenvalue weighted by Crippen LogP contribution is -2.20. The summed E-state index contributed by atoms with van der Waals surface area (Å²) in [5.41, 5.74) is 14.6. The first kappa shape index (κ1) is 13.3. The van der Waals surface area contributed by atoms with Crippen molar-refractivity contribution >= 4 is 5.97 Å². The summed E-state index contributed by atoms with van der Waals surface area (Å²) in [6, 6.07) is 14.4. The maximum Gasteiger partial charge on any atom is 0.335 e. The molecule has 0 saturated heterocycles. The zero-order valence-corrected chi connectivity index (χ0v) is 10.4. The highest BCUT2D eigenvalue weighted by molar-refractivity contribution is 5.88. The highest BCUT2D eigenvalue weighted by atomic mass is 16.4. The van der Waals surface area contributed by atoms with Crippen LogP contribution in [-0.2, 0) is 0 Å². The average molecular weight is 256 g/mol. The SMILES string of the molecule is NCC(N)c1ccc(-c2ccc(C(=O)O)cc2)cc1. The summed E-state index contributed by atoms with van der Waals surface area (Å²) in [6.07, 6.45) is 0. The number of hydrogen-bond acceptors (Lipinski definition) is 3. The van der Waals surface area contributed by atoms with E-state index in [4.69, 9.17) is 16.6 Å². The van der Waals surface area contributed by atoms with Crippen LogP contribution in [0.5, 0.6) is 0 Å². The molecule has 19 heavy (non-hydrogen) atoms. The molecule has 0 heterocycles. The van der Waals surface area contributed by atoms with Crippen LogP contribution < -0.4 is 11.5 Å². The van der Waals surface area contributed by atoms with Gasteiger partial charge in [-0.05, 0) is 28.8 Å². The summed E-state index contributed by atoms with van der Waals surface area (Å²) < 4.78 is 0. The Labute approximate surface area is 111 Å². The van der Waals surface area contributed by atoms with Gasteiger partial charge in [0.15, 0.2) is 0 Å². The summed E-state index contributed by atoms with van der Waals surface area (Å²) in [4.78, 5) is 10.8. The summed E-state index contributed by atoms with van der Waals surface area (Å²) in [6.45, 7) is 0.409. The van der Waals surface area contributed by atoms with Crippen LogP contribution in [0.1, 0.15) is 22.0 Å². The number of hydrogen-bond donors (Lipinski definition) is 3. The minimum absolute atomic E-state index is 0.150. The van der Waals surface area contributed by atoms with E-state index in [1.165, 1.54) is 0 Å². The maximum absolute atomic E-state index is 10.8. The lowest BCUT2D eigenvalue weighted by Gasteiger charge is -2.10. The van der Waals surface area contributed by atoms with Gasteiger partial charge in [-0.2, -0.15) is 0 Å². The standard InChI is InChI=1S/C15H16N2O2/c16-9-14(17)12-5-1-10(2-6-12)11-3-7-13(8-4-11)15(18)19/h1-8,14H,9,16-17H2,(H,18,19). The molecule has 4 heteroatoms. The van der Waals surface area contributed by atoms with Crippen molar-refractivity contribution in [2.75, 3.05) is 6.54 Å². The zero-order valence-electron chi connectivity index (χ0n) is 10.4. The van der Waals surface area contributed by atoms with Gasteiger partial charge in [0.2, 0.25) is 0 Å². The molecule has 0 aliphatic heterocycles. The molecule has 5 N–H and O–H groups in total. The highest BCUT2D eigenvalue weighted by Gasteiger charge is 2.05. The smallest absolute Gasteiger partial charge is 0.335 e. The topological polar surface area (TPSA) is 89.3 Å². The van der Waals surface area contributed by atoms with Crippen molar-refractivity contribution in [1.82, 2.24) is 0 Å². The molecule has 2 rings (SSSR count). The van der Waals surface area contributed by atoms with Crippen LogP contribution in [0.2, 0.25) is 0 Å². The van der Waals surface area contributed by atoms with Crippen LogP contribution in [0.15, 0.2) is 48.5 Å². The van der Waals surface area contributed by atoms with Crippen LogP contribution in [0.4, 0.5) is 0 Å². The molecule has 0 bridgehead atoms. The Bertz CT molecular complexity index is 562. The molecule has 0 aliphatic carbocycles. The summed E-state index contributed by atoms with van der Waals surface area (Å²) >= 11 is 0. The van der Waals surface area contributed by atoms with Crippen molar-refractivity contribution in [1.29, 1.82) is 0 Å². The molecular formula is C15H16N2O2. The van der Waals surface area contributed by atoms with E-state index in [1.54, 1.807) is 24.3 Å². The number of rotatable bonds is 4. The summed E-state index contributed by atoms with van der Waals surface area (Å²) in [5.74, 6) is -0.921. The Morgan fingerprint density at radius 2 is 1.47 bits per heavy atom. The number of carboxylic acids is 1. The fraction of sp³-hybridized carbons (Fsp3) is 0.133. The molecule has 0 aromatic heterocycles. The van der Waals surface area contributed by atoms with E-state index >= 15 is 0 Å². The molecule has 1 atom stereocenters. The normalized spacial score (nSPS) is 12.1. The van der Waals surface area contributed by atoms with Crippen molar-refractivity contribution in [3.8, 4) is 11.1 Å². The van der Waals surface area contributed by atoms with E-state index in [2.05, 4.69) is 0 Å². The fourth-order valence-electron chi connectivity index (χ4n) is 1.86.